The Morgan fingerprint density at radius 1 is 1.78 bits per heavy atom. The van der Waals surface area contributed by atoms with Gasteiger partial charge >= 0.3 is 0 Å². The SMILES string of the molecule is CC1=CC(Br)C=NC1N. The van der Waals surface area contributed by atoms with Crippen LogP contribution in [0, 0.1) is 0 Å². The van der Waals surface area contributed by atoms with E-state index in [2.05, 4.69) is 27.0 Å². The van der Waals surface area contributed by atoms with Gasteiger partial charge in [-0.1, -0.05) is 22.0 Å². The molecule has 2 atom stereocenters. The molecule has 0 aromatic heterocycles. The third-order valence-corrected chi connectivity index (χ3v) is 1.78. The van der Waals surface area contributed by atoms with E-state index in [1.807, 2.05) is 6.92 Å². The minimum atomic E-state index is -0.112. The fourth-order valence-corrected chi connectivity index (χ4v) is 1.24. The first-order chi connectivity index (χ1) is 4.20. The van der Waals surface area contributed by atoms with Crippen LogP contribution in [-0.2, 0) is 0 Å². The Bertz CT molecular complexity index is 162. The molecule has 2 N–H and O–H groups in total. The average Bonchev–Trinajstić information content (AvgIpc) is 1.80. The average molecular weight is 189 g/mol. The third kappa shape index (κ3) is 1.63. The summed E-state index contributed by atoms with van der Waals surface area (Å²) < 4.78 is 0. The van der Waals surface area contributed by atoms with Gasteiger partial charge < -0.3 is 5.73 Å². The number of aliphatic imine (C=N–C) groups is 1. The van der Waals surface area contributed by atoms with E-state index in [4.69, 9.17) is 5.73 Å². The van der Waals surface area contributed by atoms with Crippen molar-refractivity contribution in [3.05, 3.63) is 11.6 Å². The van der Waals surface area contributed by atoms with E-state index in [9.17, 15) is 0 Å². The zero-order chi connectivity index (χ0) is 6.85. The zero-order valence-electron chi connectivity index (χ0n) is 5.21. The van der Waals surface area contributed by atoms with E-state index < -0.39 is 0 Å². The number of halogens is 1. The van der Waals surface area contributed by atoms with Crippen LogP contribution in [0.5, 0.6) is 0 Å². The summed E-state index contributed by atoms with van der Waals surface area (Å²) in [6.07, 6.45) is 3.74. The zero-order valence-corrected chi connectivity index (χ0v) is 6.80. The highest BCUT2D eigenvalue weighted by Gasteiger charge is 2.08. The molecule has 0 bridgehead atoms. The highest BCUT2D eigenvalue weighted by Crippen LogP contribution is 2.11. The van der Waals surface area contributed by atoms with Gasteiger partial charge in [0.2, 0.25) is 0 Å². The van der Waals surface area contributed by atoms with Crippen LogP contribution in [0.15, 0.2) is 16.6 Å². The molecule has 1 rings (SSSR count). The highest BCUT2D eigenvalue weighted by atomic mass is 79.9. The van der Waals surface area contributed by atoms with Gasteiger partial charge in [0.25, 0.3) is 0 Å². The van der Waals surface area contributed by atoms with Gasteiger partial charge in [-0.05, 0) is 12.5 Å². The third-order valence-electron chi connectivity index (χ3n) is 1.28. The smallest absolute Gasteiger partial charge is 0.118 e. The van der Waals surface area contributed by atoms with Crippen molar-refractivity contribution in [2.45, 2.75) is 17.9 Å². The van der Waals surface area contributed by atoms with Crippen LogP contribution < -0.4 is 5.73 Å². The largest absolute Gasteiger partial charge is 0.306 e. The maximum atomic E-state index is 5.55. The summed E-state index contributed by atoms with van der Waals surface area (Å²) >= 11 is 3.37. The van der Waals surface area contributed by atoms with Crippen molar-refractivity contribution in [1.82, 2.24) is 0 Å². The van der Waals surface area contributed by atoms with Gasteiger partial charge in [-0.15, -0.1) is 0 Å². The van der Waals surface area contributed by atoms with Crippen LogP contribution in [0.25, 0.3) is 0 Å². The van der Waals surface area contributed by atoms with Crippen molar-refractivity contribution >= 4 is 22.1 Å². The monoisotopic (exact) mass is 188 g/mol. The molecule has 1 heterocycles. The molecule has 0 saturated heterocycles. The summed E-state index contributed by atoms with van der Waals surface area (Å²) in [5.74, 6) is 0. The molecule has 9 heavy (non-hydrogen) atoms. The first-order valence-corrected chi connectivity index (χ1v) is 3.73. The molecule has 0 spiro atoms. The number of nitrogens with zero attached hydrogens (tertiary/aromatic N) is 1. The van der Waals surface area contributed by atoms with Gasteiger partial charge in [0, 0.05) is 6.21 Å². The normalized spacial score (nSPS) is 34.3. The lowest BCUT2D eigenvalue weighted by molar-refractivity contribution is 0.808. The molecule has 1 aliphatic rings. The maximum Gasteiger partial charge on any atom is 0.118 e. The molecule has 0 aromatic carbocycles. The predicted octanol–water partition coefficient (Wildman–Crippen LogP) is 1.07. The Balaban J connectivity index is 2.70. The van der Waals surface area contributed by atoms with Crippen molar-refractivity contribution in [2.24, 2.45) is 10.7 Å². The Morgan fingerprint density at radius 3 is 2.89 bits per heavy atom. The van der Waals surface area contributed by atoms with Gasteiger partial charge in [-0.25, -0.2) is 0 Å². The summed E-state index contributed by atoms with van der Waals surface area (Å²) in [6, 6.07) is 0. The van der Waals surface area contributed by atoms with E-state index >= 15 is 0 Å². The summed E-state index contributed by atoms with van der Waals surface area (Å²) in [5.41, 5.74) is 6.68. The summed E-state index contributed by atoms with van der Waals surface area (Å²) in [4.78, 5) is 4.30. The van der Waals surface area contributed by atoms with E-state index in [0.29, 0.717) is 0 Å². The quantitative estimate of drug-likeness (QED) is 0.449. The first kappa shape index (κ1) is 6.96. The fourth-order valence-electron chi connectivity index (χ4n) is 0.685. The molecule has 0 aliphatic carbocycles. The number of hydrogen-bond donors (Lipinski definition) is 1. The van der Waals surface area contributed by atoms with Gasteiger partial charge in [0.1, 0.15) is 6.17 Å². The van der Waals surface area contributed by atoms with Crippen molar-refractivity contribution in [1.29, 1.82) is 0 Å². The van der Waals surface area contributed by atoms with Crippen LogP contribution in [0.3, 0.4) is 0 Å². The van der Waals surface area contributed by atoms with Crippen LogP contribution >= 0.6 is 15.9 Å². The molecule has 0 fully saturated rings. The Kier molecular flexibility index (Phi) is 2.03. The lowest BCUT2D eigenvalue weighted by Crippen LogP contribution is -2.23. The molecule has 3 heteroatoms. The Morgan fingerprint density at radius 2 is 2.44 bits per heavy atom. The minimum absolute atomic E-state index is 0.112. The van der Waals surface area contributed by atoms with Crippen molar-refractivity contribution in [3.8, 4) is 0 Å². The van der Waals surface area contributed by atoms with E-state index in [1.165, 1.54) is 0 Å². The summed E-state index contributed by atoms with van der Waals surface area (Å²) in [6.45, 7) is 1.98. The topological polar surface area (TPSA) is 38.4 Å². The van der Waals surface area contributed by atoms with Crippen molar-refractivity contribution in [2.75, 3.05) is 0 Å². The molecule has 0 aromatic rings. The van der Waals surface area contributed by atoms with E-state index in [-0.39, 0.29) is 11.0 Å². The van der Waals surface area contributed by atoms with Gasteiger partial charge in [0.15, 0.2) is 0 Å². The van der Waals surface area contributed by atoms with Gasteiger partial charge in [-0.2, -0.15) is 0 Å². The molecule has 2 unspecified atom stereocenters. The number of nitrogens with two attached hydrogens (primary N) is 1. The van der Waals surface area contributed by atoms with Crippen LogP contribution in [-0.4, -0.2) is 17.2 Å². The number of rotatable bonds is 0. The fraction of sp³-hybridized carbons (Fsp3) is 0.500. The van der Waals surface area contributed by atoms with Crippen LogP contribution in [0.2, 0.25) is 0 Å². The molecule has 2 nitrogen and oxygen atoms in total. The van der Waals surface area contributed by atoms with Gasteiger partial charge in [-0.3, -0.25) is 4.99 Å². The summed E-state index contributed by atoms with van der Waals surface area (Å²) in [5, 5.41) is 0. The molecule has 1 aliphatic heterocycles. The Labute approximate surface area is 63.0 Å². The van der Waals surface area contributed by atoms with Crippen LogP contribution in [0.4, 0.5) is 0 Å². The second kappa shape index (κ2) is 2.62. The lowest BCUT2D eigenvalue weighted by Gasteiger charge is -2.12. The van der Waals surface area contributed by atoms with Crippen LogP contribution in [0.1, 0.15) is 6.92 Å². The minimum Gasteiger partial charge on any atom is -0.306 e. The lowest BCUT2D eigenvalue weighted by atomic mass is 10.2. The number of hydrogen-bond acceptors (Lipinski definition) is 2. The number of alkyl halides is 1. The van der Waals surface area contributed by atoms with Crippen molar-refractivity contribution in [3.63, 3.8) is 0 Å². The second-order valence-electron chi connectivity index (χ2n) is 2.10. The molecule has 0 radical (unpaired) electrons. The number of dihydropyridines is 1. The van der Waals surface area contributed by atoms with E-state index in [0.717, 1.165) is 5.57 Å². The molecule has 0 amide bonds. The molecular weight excluding hydrogens is 180 g/mol. The highest BCUT2D eigenvalue weighted by molar-refractivity contribution is 9.10. The van der Waals surface area contributed by atoms with E-state index in [1.54, 1.807) is 6.21 Å². The molecule has 50 valence electrons. The molecular formula is C6H9BrN2. The maximum absolute atomic E-state index is 5.55. The second-order valence-corrected chi connectivity index (χ2v) is 3.16. The molecule has 0 saturated carbocycles. The predicted molar refractivity (Wildman–Crippen MR) is 42.9 cm³/mol. The summed E-state index contributed by atoms with van der Waals surface area (Å²) in [7, 11) is 0. The Hall–Kier alpha value is -0.150. The standard InChI is InChI=1S/C6H9BrN2/c1-4-2-5(7)3-9-6(4)8/h2-3,5-6H,8H2,1H3. The van der Waals surface area contributed by atoms with Gasteiger partial charge in [0.05, 0.1) is 4.83 Å². The van der Waals surface area contributed by atoms with Crippen molar-refractivity contribution < 1.29 is 0 Å². The number of allylic oxidation sites excluding steroid dienone is 1. The first-order valence-electron chi connectivity index (χ1n) is 2.81.